The van der Waals surface area contributed by atoms with Gasteiger partial charge in [-0.15, -0.1) is 0 Å². The Hall–Kier alpha value is -3.75. The molecule has 2 aliphatic rings. The fourth-order valence-corrected chi connectivity index (χ4v) is 6.75. The monoisotopic (exact) mass is 675 g/mol. The van der Waals surface area contributed by atoms with Crippen molar-refractivity contribution in [2.45, 2.75) is 116 Å². The van der Waals surface area contributed by atoms with Gasteiger partial charge < -0.3 is 29.7 Å². The highest BCUT2D eigenvalue weighted by molar-refractivity contribution is 6.30. The molecule has 1 heterocycles. The van der Waals surface area contributed by atoms with Crippen molar-refractivity contribution in [3.8, 4) is 11.5 Å². The van der Waals surface area contributed by atoms with Crippen molar-refractivity contribution in [3.05, 3.63) is 87.9 Å². The molecule has 0 radical (unpaired) electrons. The summed E-state index contributed by atoms with van der Waals surface area (Å²) < 4.78 is 17.4. The summed E-state index contributed by atoms with van der Waals surface area (Å²) in [4.78, 5) is 28.0. The van der Waals surface area contributed by atoms with Gasteiger partial charge in [0.15, 0.2) is 11.5 Å². The first-order chi connectivity index (χ1) is 22.8. The number of hydrogen-bond donors (Lipinski definition) is 2. The maximum atomic E-state index is 13.9. The topological polar surface area (TPSA) is 89.1 Å². The number of rotatable bonds is 10. The minimum Gasteiger partial charge on any atom is -0.493 e. The van der Waals surface area contributed by atoms with E-state index in [1.54, 1.807) is 7.11 Å². The second-order valence-electron chi connectivity index (χ2n) is 14.1. The Bertz CT molecular complexity index is 1560. The van der Waals surface area contributed by atoms with Gasteiger partial charge in [0.1, 0.15) is 5.60 Å². The maximum absolute atomic E-state index is 13.9. The van der Waals surface area contributed by atoms with Crippen molar-refractivity contribution in [3.63, 3.8) is 0 Å². The molecule has 3 aromatic rings. The van der Waals surface area contributed by atoms with E-state index in [9.17, 15) is 9.59 Å². The summed E-state index contributed by atoms with van der Waals surface area (Å²) in [5.41, 5.74) is 4.37. The summed E-state index contributed by atoms with van der Waals surface area (Å²) >= 11 is 6.29. The van der Waals surface area contributed by atoms with E-state index in [0.717, 1.165) is 60.0 Å². The molecule has 2 unspecified atom stereocenters. The number of anilines is 1. The number of nitrogens with one attached hydrogen (secondary N) is 2. The molecule has 0 saturated heterocycles. The number of carbonyl (C=O) groups is 2. The maximum Gasteiger partial charge on any atom is 0.407 e. The fourth-order valence-electron chi connectivity index (χ4n) is 6.63. The molecule has 1 saturated carbocycles. The number of methoxy groups -OCH3 is 1. The van der Waals surface area contributed by atoms with E-state index in [1.165, 1.54) is 0 Å². The summed E-state index contributed by atoms with van der Waals surface area (Å²) in [5.74, 6) is 1.31. The molecule has 0 spiro atoms. The lowest BCUT2D eigenvalue weighted by molar-refractivity contribution is -0.118. The van der Waals surface area contributed by atoms with E-state index in [0.29, 0.717) is 22.6 Å². The van der Waals surface area contributed by atoms with E-state index in [1.807, 2.05) is 81.1 Å². The van der Waals surface area contributed by atoms with E-state index in [4.69, 9.17) is 25.8 Å². The smallest absolute Gasteiger partial charge is 0.407 e. The first kappa shape index (κ1) is 35.6. The number of ether oxygens (including phenoxy) is 3. The van der Waals surface area contributed by atoms with Gasteiger partial charge in [-0.05, 0) is 125 Å². The number of hydrogen-bond acceptors (Lipinski definition) is 6. The van der Waals surface area contributed by atoms with Crippen molar-refractivity contribution in [2.24, 2.45) is 0 Å². The summed E-state index contributed by atoms with van der Waals surface area (Å²) in [6, 6.07) is 20.2. The fraction of sp³-hybridized carbons (Fsp3) is 0.487. The van der Waals surface area contributed by atoms with Crippen molar-refractivity contribution in [2.75, 3.05) is 12.0 Å². The van der Waals surface area contributed by atoms with Crippen LogP contribution >= 0.6 is 11.6 Å². The summed E-state index contributed by atoms with van der Waals surface area (Å²) in [7, 11) is 1.63. The van der Waals surface area contributed by atoms with Crippen molar-refractivity contribution in [1.29, 1.82) is 0 Å². The van der Waals surface area contributed by atoms with Crippen molar-refractivity contribution < 1.29 is 23.8 Å². The van der Waals surface area contributed by atoms with Crippen LogP contribution in [0.4, 0.5) is 10.5 Å². The third-order valence-electron chi connectivity index (χ3n) is 9.28. The van der Waals surface area contributed by atoms with Gasteiger partial charge in [-0.1, -0.05) is 42.8 Å². The molecule has 3 atom stereocenters. The first-order valence-corrected chi connectivity index (χ1v) is 17.5. The van der Waals surface area contributed by atoms with Gasteiger partial charge in [0.05, 0.1) is 25.7 Å². The second kappa shape index (κ2) is 15.2. The molecule has 2 N–H and O–H groups in total. The van der Waals surface area contributed by atoms with Crippen LogP contribution in [0.3, 0.4) is 0 Å². The highest BCUT2D eigenvalue weighted by atomic mass is 35.5. The number of benzene rings is 3. The Labute approximate surface area is 290 Å². The standard InChI is InChI=1S/C39H50ClN3O5/c1-8-24(2)47-35-23-33-28(21-34(35)46-7)22-36(44)43(37(33)27-9-13-29(40)14-10-27)32-19-11-26(12-20-32)25(3)41-30-15-17-31(18-16-30)42-38(45)48-39(4,5)6/h9-14,19-21,23-25,30-31,37,41H,8,15-18,22H2,1-7H3,(H,42,45)/t24-,25?,30-,31+,37?/m1/s1. The van der Waals surface area contributed by atoms with Crippen LogP contribution in [0.15, 0.2) is 60.7 Å². The Balaban J connectivity index is 1.33. The van der Waals surface area contributed by atoms with Gasteiger partial charge >= 0.3 is 6.09 Å². The Morgan fingerprint density at radius 2 is 1.60 bits per heavy atom. The zero-order valence-electron chi connectivity index (χ0n) is 29.3. The van der Waals surface area contributed by atoms with Crippen LogP contribution in [0.2, 0.25) is 5.02 Å². The molecular weight excluding hydrogens is 626 g/mol. The lowest BCUT2D eigenvalue weighted by atomic mass is 9.86. The number of fused-ring (bicyclic) bond motifs is 1. The molecular formula is C39H50ClN3O5. The van der Waals surface area contributed by atoms with E-state index in [2.05, 4.69) is 36.6 Å². The van der Waals surface area contributed by atoms with Crippen LogP contribution in [0.5, 0.6) is 11.5 Å². The van der Waals surface area contributed by atoms with Crippen LogP contribution in [0.1, 0.15) is 108 Å². The Morgan fingerprint density at radius 3 is 2.21 bits per heavy atom. The number of alkyl carbamates (subject to hydrolysis) is 1. The molecule has 3 aromatic carbocycles. The Kier molecular flexibility index (Phi) is 11.3. The second-order valence-corrected chi connectivity index (χ2v) is 14.5. The van der Waals surface area contributed by atoms with Gasteiger partial charge in [0.25, 0.3) is 0 Å². The highest BCUT2D eigenvalue weighted by Crippen LogP contribution is 2.44. The molecule has 2 amide bonds. The van der Waals surface area contributed by atoms with Crippen molar-refractivity contribution in [1.82, 2.24) is 10.6 Å². The van der Waals surface area contributed by atoms with Gasteiger partial charge in [-0.3, -0.25) is 4.79 Å². The number of carbonyl (C=O) groups excluding carboxylic acids is 2. The van der Waals surface area contributed by atoms with Crippen LogP contribution < -0.4 is 25.0 Å². The number of nitrogens with zero attached hydrogens (tertiary/aromatic N) is 1. The SMILES string of the molecule is CC[C@@H](C)Oc1cc2c(cc1OC)CC(=O)N(c1ccc(C(C)N[C@H]3CC[C@@H](NC(=O)OC(C)(C)C)CC3)cc1)C2c1ccc(Cl)cc1. The average Bonchev–Trinajstić information content (AvgIpc) is 3.04. The van der Waals surface area contributed by atoms with Crippen LogP contribution in [0.25, 0.3) is 0 Å². The van der Waals surface area contributed by atoms with Gasteiger partial charge in [-0.25, -0.2) is 4.79 Å². The van der Waals surface area contributed by atoms with E-state index in [-0.39, 0.29) is 42.7 Å². The average molecular weight is 676 g/mol. The molecule has 0 aromatic heterocycles. The zero-order valence-corrected chi connectivity index (χ0v) is 30.0. The first-order valence-electron chi connectivity index (χ1n) is 17.2. The largest absolute Gasteiger partial charge is 0.493 e. The molecule has 1 aliphatic carbocycles. The molecule has 1 fully saturated rings. The molecule has 8 nitrogen and oxygen atoms in total. The molecule has 258 valence electrons. The van der Waals surface area contributed by atoms with E-state index >= 15 is 0 Å². The zero-order chi connectivity index (χ0) is 34.6. The summed E-state index contributed by atoms with van der Waals surface area (Å²) in [6.45, 7) is 11.9. The molecule has 48 heavy (non-hydrogen) atoms. The van der Waals surface area contributed by atoms with Gasteiger partial charge in [0, 0.05) is 28.8 Å². The third kappa shape index (κ3) is 8.63. The predicted molar refractivity (Wildman–Crippen MR) is 191 cm³/mol. The normalized spacial score (nSPS) is 20.8. The van der Waals surface area contributed by atoms with Crippen molar-refractivity contribution >= 4 is 29.3 Å². The Morgan fingerprint density at radius 1 is 0.958 bits per heavy atom. The number of amides is 2. The van der Waals surface area contributed by atoms with Crippen LogP contribution in [-0.2, 0) is 16.0 Å². The molecule has 1 aliphatic heterocycles. The highest BCUT2D eigenvalue weighted by Gasteiger charge is 2.36. The quantitative estimate of drug-likeness (QED) is 0.224. The lowest BCUT2D eigenvalue weighted by Gasteiger charge is -2.38. The third-order valence-corrected chi connectivity index (χ3v) is 9.53. The molecule has 9 heteroatoms. The summed E-state index contributed by atoms with van der Waals surface area (Å²) in [5, 5.41) is 7.45. The van der Waals surface area contributed by atoms with Crippen LogP contribution in [-0.4, -0.2) is 42.9 Å². The predicted octanol–water partition coefficient (Wildman–Crippen LogP) is 8.69. The minimum atomic E-state index is -0.504. The molecule has 0 bridgehead atoms. The minimum absolute atomic E-state index is 0.00997. The molecule has 5 rings (SSSR count). The van der Waals surface area contributed by atoms with Gasteiger partial charge in [-0.2, -0.15) is 0 Å². The van der Waals surface area contributed by atoms with Crippen LogP contribution in [0, 0.1) is 0 Å². The number of halogens is 1. The summed E-state index contributed by atoms with van der Waals surface area (Å²) in [6.07, 6.45) is 4.54. The van der Waals surface area contributed by atoms with Gasteiger partial charge in [0.2, 0.25) is 5.91 Å². The van der Waals surface area contributed by atoms with E-state index < -0.39 is 5.60 Å². The lowest BCUT2D eigenvalue weighted by Crippen LogP contribution is -2.44.